The van der Waals surface area contributed by atoms with Crippen LogP contribution in [0.3, 0.4) is 0 Å². The maximum atomic E-state index is 7.53. The predicted molar refractivity (Wildman–Crippen MR) is 71.3 cm³/mol. The molecule has 1 aromatic heterocycles. The van der Waals surface area contributed by atoms with Gasteiger partial charge in [0.1, 0.15) is 17.2 Å². The summed E-state index contributed by atoms with van der Waals surface area (Å²) in [6.45, 7) is 0. The Bertz CT molecular complexity index is 544. The lowest BCUT2D eigenvalue weighted by molar-refractivity contribution is 1.05. The molecule has 2 rings (SSSR count). The molecule has 4 nitrogen and oxygen atoms in total. The van der Waals surface area contributed by atoms with Crippen LogP contribution in [0.2, 0.25) is 0 Å². The lowest BCUT2D eigenvalue weighted by Gasteiger charge is -2.07. The van der Waals surface area contributed by atoms with Crippen molar-refractivity contribution < 1.29 is 0 Å². The van der Waals surface area contributed by atoms with Crippen LogP contribution in [-0.2, 0) is 0 Å². The number of rotatable bonds is 3. The first-order chi connectivity index (χ1) is 8.16. The molecule has 1 aromatic carbocycles. The SMILES string of the molecule is N=C(N)c1ccc(Br)cc1Sc1ccncn1. The fourth-order valence-electron chi connectivity index (χ4n) is 1.25. The van der Waals surface area contributed by atoms with E-state index in [2.05, 4.69) is 25.9 Å². The maximum absolute atomic E-state index is 7.53. The van der Waals surface area contributed by atoms with Crippen LogP contribution in [0.1, 0.15) is 5.56 Å². The molecule has 0 bridgehead atoms. The van der Waals surface area contributed by atoms with Crippen molar-refractivity contribution in [3.63, 3.8) is 0 Å². The highest BCUT2D eigenvalue weighted by atomic mass is 79.9. The smallest absolute Gasteiger partial charge is 0.123 e. The Hall–Kier alpha value is -1.40. The number of amidine groups is 1. The van der Waals surface area contributed by atoms with Crippen LogP contribution in [0.15, 0.2) is 51.2 Å². The van der Waals surface area contributed by atoms with E-state index in [1.54, 1.807) is 6.20 Å². The summed E-state index contributed by atoms with van der Waals surface area (Å²) in [4.78, 5) is 8.88. The first kappa shape index (κ1) is 12.1. The van der Waals surface area contributed by atoms with E-state index in [0.29, 0.717) is 5.56 Å². The van der Waals surface area contributed by atoms with E-state index in [1.165, 1.54) is 18.1 Å². The molecule has 17 heavy (non-hydrogen) atoms. The number of nitrogens with zero attached hydrogens (tertiary/aromatic N) is 2. The van der Waals surface area contributed by atoms with Crippen molar-refractivity contribution in [2.45, 2.75) is 9.92 Å². The highest BCUT2D eigenvalue weighted by molar-refractivity contribution is 9.10. The van der Waals surface area contributed by atoms with Gasteiger partial charge < -0.3 is 5.73 Å². The monoisotopic (exact) mass is 308 g/mol. The number of aromatic nitrogens is 2. The summed E-state index contributed by atoms with van der Waals surface area (Å²) >= 11 is 4.86. The minimum atomic E-state index is 0.0501. The normalized spacial score (nSPS) is 10.2. The molecule has 0 spiro atoms. The summed E-state index contributed by atoms with van der Waals surface area (Å²) in [6.07, 6.45) is 3.18. The van der Waals surface area contributed by atoms with Crippen molar-refractivity contribution in [3.8, 4) is 0 Å². The number of nitrogen functional groups attached to an aromatic ring is 1. The largest absolute Gasteiger partial charge is 0.384 e. The first-order valence-corrected chi connectivity index (χ1v) is 6.35. The van der Waals surface area contributed by atoms with Gasteiger partial charge in [-0.2, -0.15) is 0 Å². The van der Waals surface area contributed by atoms with Crippen LogP contribution in [0.5, 0.6) is 0 Å². The van der Waals surface area contributed by atoms with Gasteiger partial charge in [-0.05, 0) is 24.3 Å². The van der Waals surface area contributed by atoms with Crippen LogP contribution in [-0.4, -0.2) is 15.8 Å². The second-order valence-electron chi connectivity index (χ2n) is 3.20. The third-order valence-electron chi connectivity index (χ3n) is 2.00. The van der Waals surface area contributed by atoms with Gasteiger partial charge in [0.15, 0.2) is 0 Å². The summed E-state index contributed by atoms with van der Waals surface area (Å²) in [6, 6.07) is 7.41. The van der Waals surface area contributed by atoms with Gasteiger partial charge in [-0.25, -0.2) is 9.97 Å². The average molecular weight is 309 g/mol. The zero-order chi connectivity index (χ0) is 12.3. The van der Waals surface area contributed by atoms with Crippen LogP contribution >= 0.6 is 27.7 Å². The molecule has 0 radical (unpaired) electrons. The molecule has 3 N–H and O–H groups in total. The third kappa shape index (κ3) is 3.04. The van der Waals surface area contributed by atoms with E-state index in [9.17, 15) is 0 Å². The van der Waals surface area contributed by atoms with Gasteiger partial charge in [-0.3, -0.25) is 5.41 Å². The molecule has 0 aliphatic carbocycles. The summed E-state index contributed by atoms with van der Waals surface area (Å²) in [7, 11) is 0. The molecule has 0 atom stereocenters. The zero-order valence-electron chi connectivity index (χ0n) is 8.72. The number of hydrogen-bond acceptors (Lipinski definition) is 4. The number of halogens is 1. The Morgan fingerprint density at radius 3 is 2.82 bits per heavy atom. The molecule has 2 aromatic rings. The number of hydrogen-bond donors (Lipinski definition) is 2. The van der Waals surface area contributed by atoms with Gasteiger partial charge in [-0.1, -0.05) is 27.7 Å². The maximum Gasteiger partial charge on any atom is 0.123 e. The van der Waals surface area contributed by atoms with Gasteiger partial charge in [0.05, 0.1) is 0 Å². The minimum Gasteiger partial charge on any atom is -0.384 e. The van der Waals surface area contributed by atoms with Gasteiger partial charge in [0.2, 0.25) is 0 Å². The van der Waals surface area contributed by atoms with Gasteiger partial charge >= 0.3 is 0 Å². The number of nitrogens with two attached hydrogens (primary N) is 1. The molecule has 6 heteroatoms. The molecule has 0 saturated carbocycles. The Balaban J connectivity index is 2.37. The lowest BCUT2D eigenvalue weighted by Crippen LogP contribution is -2.12. The van der Waals surface area contributed by atoms with E-state index < -0.39 is 0 Å². The zero-order valence-corrected chi connectivity index (χ0v) is 11.1. The summed E-state index contributed by atoms with van der Waals surface area (Å²) in [5.41, 5.74) is 6.25. The molecular formula is C11H9BrN4S. The molecular weight excluding hydrogens is 300 g/mol. The van der Waals surface area contributed by atoms with Crippen LogP contribution < -0.4 is 5.73 Å². The van der Waals surface area contributed by atoms with E-state index in [-0.39, 0.29) is 5.84 Å². The van der Waals surface area contributed by atoms with E-state index in [4.69, 9.17) is 11.1 Å². The quantitative estimate of drug-likeness (QED) is 0.519. The Morgan fingerprint density at radius 1 is 1.35 bits per heavy atom. The summed E-state index contributed by atoms with van der Waals surface area (Å²) in [5, 5.41) is 8.35. The molecule has 0 amide bonds. The fourth-order valence-corrected chi connectivity index (χ4v) is 2.70. The van der Waals surface area contributed by atoms with E-state index in [1.807, 2.05) is 24.3 Å². The third-order valence-corrected chi connectivity index (χ3v) is 3.50. The topological polar surface area (TPSA) is 75.7 Å². The molecule has 0 aliphatic heterocycles. The molecule has 1 heterocycles. The van der Waals surface area contributed by atoms with Crippen LogP contribution in [0, 0.1) is 5.41 Å². The Kier molecular flexibility index (Phi) is 3.75. The molecule has 0 unspecified atom stereocenters. The molecule has 86 valence electrons. The van der Waals surface area contributed by atoms with Gasteiger partial charge in [-0.15, -0.1) is 0 Å². The van der Waals surface area contributed by atoms with Crippen molar-refractivity contribution in [1.29, 1.82) is 5.41 Å². The molecule has 0 aliphatic rings. The van der Waals surface area contributed by atoms with E-state index >= 15 is 0 Å². The van der Waals surface area contributed by atoms with Crippen LogP contribution in [0.4, 0.5) is 0 Å². The molecule has 0 fully saturated rings. The lowest BCUT2D eigenvalue weighted by atomic mass is 10.2. The highest BCUT2D eigenvalue weighted by Crippen LogP contribution is 2.30. The Labute approximate surface area is 111 Å². The van der Waals surface area contributed by atoms with Crippen molar-refractivity contribution in [2.24, 2.45) is 5.73 Å². The van der Waals surface area contributed by atoms with Gasteiger partial charge in [0, 0.05) is 21.1 Å². The van der Waals surface area contributed by atoms with Crippen molar-refractivity contribution in [2.75, 3.05) is 0 Å². The minimum absolute atomic E-state index is 0.0501. The van der Waals surface area contributed by atoms with Crippen LogP contribution in [0.25, 0.3) is 0 Å². The highest BCUT2D eigenvalue weighted by Gasteiger charge is 2.08. The summed E-state index contributed by atoms with van der Waals surface area (Å²) in [5.74, 6) is 0.0501. The fraction of sp³-hybridized carbons (Fsp3) is 0. The standard InChI is InChI=1S/C11H9BrN4S/c12-7-1-2-8(11(13)14)9(5-7)17-10-3-4-15-6-16-10/h1-6H,(H3,13,14). The first-order valence-electron chi connectivity index (χ1n) is 4.74. The second-order valence-corrected chi connectivity index (χ2v) is 5.18. The molecule has 0 saturated heterocycles. The van der Waals surface area contributed by atoms with E-state index in [0.717, 1.165) is 14.4 Å². The predicted octanol–water partition coefficient (Wildman–Crippen LogP) is 2.67. The van der Waals surface area contributed by atoms with Crippen molar-refractivity contribution in [1.82, 2.24) is 9.97 Å². The average Bonchev–Trinajstić information content (AvgIpc) is 2.30. The Morgan fingerprint density at radius 2 is 2.18 bits per heavy atom. The van der Waals surface area contributed by atoms with Crippen molar-refractivity contribution in [3.05, 3.63) is 46.8 Å². The van der Waals surface area contributed by atoms with Gasteiger partial charge in [0.25, 0.3) is 0 Å². The number of benzene rings is 1. The summed E-state index contributed by atoms with van der Waals surface area (Å²) < 4.78 is 0.944. The van der Waals surface area contributed by atoms with Crippen molar-refractivity contribution >= 4 is 33.5 Å². The second kappa shape index (κ2) is 5.29. The number of nitrogens with one attached hydrogen (secondary N) is 1.